The van der Waals surface area contributed by atoms with Crippen molar-refractivity contribution in [3.05, 3.63) is 23.9 Å². The summed E-state index contributed by atoms with van der Waals surface area (Å²) in [6, 6.07) is 4.03. The van der Waals surface area contributed by atoms with Crippen LogP contribution in [-0.4, -0.2) is 30.8 Å². The SMILES string of the molecule is CCNc1ccc(COCC2CCCCO2)cn1. The van der Waals surface area contributed by atoms with E-state index in [0.717, 1.165) is 31.0 Å². The van der Waals surface area contributed by atoms with E-state index in [9.17, 15) is 0 Å². The van der Waals surface area contributed by atoms with Crippen molar-refractivity contribution in [2.45, 2.75) is 38.9 Å². The average molecular weight is 250 g/mol. The van der Waals surface area contributed by atoms with E-state index in [0.29, 0.717) is 13.2 Å². The fourth-order valence-corrected chi connectivity index (χ4v) is 2.04. The Labute approximate surface area is 109 Å². The molecule has 1 atom stereocenters. The zero-order valence-electron chi connectivity index (χ0n) is 11.0. The van der Waals surface area contributed by atoms with Gasteiger partial charge in [-0.3, -0.25) is 0 Å². The summed E-state index contributed by atoms with van der Waals surface area (Å²) in [6.45, 7) is 5.13. The number of nitrogens with zero attached hydrogens (tertiary/aromatic N) is 1. The largest absolute Gasteiger partial charge is 0.376 e. The Balaban J connectivity index is 1.69. The van der Waals surface area contributed by atoms with E-state index in [1.165, 1.54) is 12.8 Å². The van der Waals surface area contributed by atoms with Crippen molar-refractivity contribution in [1.82, 2.24) is 4.98 Å². The lowest BCUT2D eigenvalue weighted by Crippen LogP contribution is -2.24. The number of aromatic nitrogens is 1. The molecular formula is C14H22N2O2. The average Bonchev–Trinajstić information content (AvgIpc) is 2.42. The highest BCUT2D eigenvalue weighted by Crippen LogP contribution is 2.13. The van der Waals surface area contributed by atoms with Crippen LogP contribution in [0.2, 0.25) is 0 Å². The summed E-state index contributed by atoms with van der Waals surface area (Å²) in [5.74, 6) is 0.914. The highest BCUT2D eigenvalue weighted by atomic mass is 16.5. The topological polar surface area (TPSA) is 43.4 Å². The van der Waals surface area contributed by atoms with Crippen molar-refractivity contribution < 1.29 is 9.47 Å². The second-order valence-corrected chi connectivity index (χ2v) is 4.59. The molecule has 0 bridgehead atoms. The van der Waals surface area contributed by atoms with Crippen molar-refractivity contribution in [1.29, 1.82) is 0 Å². The van der Waals surface area contributed by atoms with Gasteiger partial charge < -0.3 is 14.8 Å². The van der Waals surface area contributed by atoms with Crippen LogP contribution in [0.3, 0.4) is 0 Å². The van der Waals surface area contributed by atoms with Gasteiger partial charge >= 0.3 is 0 Å². The summed E-state index contributed by atoms with van der Waals surface area (Å²) in [7, 11) is 0. The first-order valence-corrected chi connectivity index (χ1v) is 6.76. The van der Waals surface area contributed by atoms with Gasteiger partial charge in [0.15, 0.2) is 0 Å². The van der Waals surface area contributed by atoms with E-state index < -0.39 is 0 Å². The number of anilines is 1. The van der Waals surface area contributed by atoms with Crippen molar-refractivity contribution in [3.8, 4) is 0 Å². The minimum atomic E-state index is 0.285. The summed E-state index contributed by atoms with van der Waals surface area (Å²) >= 11 is 0. The molecule has 4 heteroatoms. The number of hydrogen-bond acceptors (Lipinski definition) is 4. The Hall–Kier alpha value is -1.13. The summed E-state index contributed by atoms with van der Waals surface area (Å²) in [4.78, 5) is 4.31. The predicted octanol–water partition coefficient (Wildman–Crippen LogP) is 2.60. The Morgan fingerprint density at radius 2 is 2.39 bits per heavy atom. The molecule has 1 aliphatic rings. The summed E-state index contributed by atoms with van der Waals surface area (Å²) in [5.41, 5.74) is 1.10. The third kappa shape index (κ3) is 4.27. The van der Waals surface area contributed by atoms with Crippen LogP contribution in [0.4, 0.5) is 5.82 Å². The molecule has 1 N–H and O–H groups in total. The van der Waals surface area contributed by atoms with Crippen molar-refractivity contribution in [3.63, 3.8) is 0 Å². The fourth-order valence-electron chi connectivity index (χ4n) is 2.04. The van der Waals surface area contributed by atoms with Gasteiger partial charge in [-0.05, 0) is 37.8 Å². The second-order valence-electron chi connectivity index (χ2n) is 4.59. The normalized spacial score (nSPS) is 19.7. The van der Waals surface area contributed by atoms with Gasteiger partial charge in [0, 0.05) is 19.3 Å². The standard InChI is InChI=1S/C14H22N2O2/c1-2-15-14-7-6-12(9-16-14)10-17-11-13-5-3-4-8-18-13/h6-7,9,13H,2-5,8,10-11H2,1H3,(H,15,16). The van der Waals surface area contributed by atoms with E-state index in [4.69, 9.17) is 9.47 Å². The lowest BCUT2D eigenvalue weighted by atomic mass is 10.1. The van der Waals surface area contributed by atoms with Gasteiger partial charge in [0.1, 0.15) is 5.82 Å². The lowest BCUT2D eigenvalue weighted by molar-refractivity contribution is -0.0448. The molecule has 0 aromatic carbocycles. The van der Waals surface area contributed by atoms with E-state index in [2.05, 4.69) is 17.2 Å². The molecule has 0 radical (unpaired) electrons. The van der Waals surface area contributed by atoms with Gasteiger partial charge in [0.2, 0.25) is 0 Å². The molecule has 0 saturated carbocycles. The Morgan fingerprint density at radius 3 is 3.06 bits per heavy atom. The van der Waals surface area contributed by atoms with Crippen molar-refractivity contribution in [2.75, 3.05) is 25.1 Å². The number of pyridine rings is 1. The highest BCUT2D eigenvalue weighted by Gasteiger charge is 2.13. The van der Waals surface area contributed by atoms with E-state index in [-0.39, 0.29) is 6.10 Å². The van der Waals surface area contributed by atoms with E-state index in [1.54, 1.807) is 0 Å². The van der Waals surface area contributed by atoms with Gasteiger partial charge in [-0.2, -0.15) is 0 Å². The van der Waals surface area contributed by atoms with Crippen LogP contribution < -0.4 is 5.32 Å². The quantitative estimate of drug-likeness (QED) is 0.842. The molecule has 2 rings (SSSR count). The molecule has 0 aliphatic carbocycles. The molecule has 4 nitrogen and oxygen atoms in total. The molecule has 100 valence electrons. The summed E-state index contributed by atoms with van der Waals surface area (Å²) in [6.07, 6.45) is 5.71. The van der Waals surface area contributed by atoms with Crippen LogP contribution in [0.15, 0.2) is 18.3 Å². The van der Waals surface area contributed by atoms with Gasteiger partial charge in [-0.15, -0.1) is 0 Å². The van der Waals surface area contributed by atoms with Crippen molar-refractivity contribution >= 4 is 5.82 Å². The molecule has 1 unspecified atom stereocenters. The molecule has 1 aromatic heterocycles. The maximum Gasteiger partial charge on any atom is 0.125 e. The molecular weight excluding hydrogens is 228 g/mol. The Kier molecular flexibility index (Phi) is 5.42. The molecule has 1 aromatic rings. The molecule has 0 spiro atoms. The first kappa shape index (κ1) is 13.3. The fraction of sp³-hybridized carbons (Fsp3) is 0.643. The van der Waals surface area contributed by atoms with Gasteiger partial charge in [0.05, 0.1) is 19.3 Å². The molecule has 1 aliphatic heterocycles. The van der Waals surface area contributed by atoms with Gasteiger partial charge in [0.25, 0.3) is 0 Å². The van der Waals surface area contributed by atoms with Crippen LogP contribution in [0.1, 0.15) is 31.7 Å². The van der Waals surface area contributed by atoms with Gasteiger partial charge in [-0.25, -0.2) is 4.98 Å². The number of nitrogens with one attached hydrogen (secondary N) is 1. The first-order chi connectivity index (χ1) is 8.88. The minimum absolute atomic E-state index is 0.285. The molecule has 2 heterocycles. The van der Waals surface area contributed by atoms with E-state index >= 15 is 0 Å². The Bertz CT molecular complexity index is 334. The van der Waals surface area contributed by atoms with Crippen LogP contribution in [-0.2, 0) is 16.1 Å². The number of hydrogen-bond donors (Lipinski definition) is 1. The predicted molar refractivity (Wildman–Crippen MR) is 71.6 cm³/mol. The summed E-state index contributed by atoms with van der Waals surface area (Å²) < 4.78 is 11.3. The maximum absolute atomic E-state index is 5.67. The van der Waals surface area contributed by atoms with E-state index in [1.807, 2.05) is 18.3 Å². The number of ether oxygens (including phenoxy) is 2. The third-order valence-electron chi connectivity index (χ3n) is 3.03. The number of rotatable bonds is 6. The molecule has 0 amide bonds. The zero-order valence-corrected chi connectivity index (χ0v) is 11.0. The second kappa shape index (κ2) is 7.34. The van der Waals surface area contributed by atoms with Crippen LogP contribution >= 0.6 is 0 Å². The summed E-state index contributed by atoms with van der Waals surface area (Å²) in [5, 5.41) is 3.17. The zero-order chi connectivity index (χ0) is 12.6. The third-order valence-corrected chi connectivity index (χ3v) is 3.03. The minimum Gasteiger partial charge on any atom is -0.376 e. The van der Waals surface area contributed by atoms with Crippen molar-refractivity contribution in [2.24, 2.45) is 0 Å². The molecule has 1 fully saturated rings. The maximum atomic E-state index is 5.67. The first-order valence-electron chi connectivity index (χ1n) is 6.76. The van der Waals surface area contributed by atoms with Gasteiger partial charge in [-0.1, -0.05) is 6.07 Å². The van der Waals surface area contributed by atoms with Crippen LogP contribution in [0, 0.1) is 0 Å². The van der Waals surface area contributed by atoms with Crippen LogP contribution in [0.25, 0.3) is 0 Å². The Morgan fingerprint density at radius 1 is 1.44 bits per heavy atom. The smallest absolute Gasteiger partial charge is 0.125 e. The lowest BCUT2D eigenvalue weighted by Gasteiger charge is -2.22. The monoisotopic (exact) mass is 250 g/mol. The highest BCUT2D eigenvalue weighted by molar-refractivity contribution is 5.34. The van der Waals surface area contributed by atoms with Crippen LogP contribution in [0.5, 0.6) is 0 Å². The molecule has 18 heavy (non-hydrogen) atoms. The molecule has 1 saturated heterocycles.